The van der Waals surface area contributed by atoms with Crippen LogP contribution in [0.3, 0.4) is 0 Å². The summed E-state index contributed by atoms with van der Waals surface area (Å²) in [6.07, 6.45) is -5.01. The molecule has 122 valence electrons. The van der Waals surface area contributed by atoms with Crippen LogP contribution in [0.5, 0.6) is 5.75 Å². The first-order valence-electron chi connectivity index (χ1n) is 7.01. The van der Waals surface area contributed by atoms with Crippen molar-refractivity contribution in [3.8, 4) is 16.9 Å². The first-order valence-corrected chi connectivity index (χ1v) is 7.01. The Kier molecular flexibility index (Phi) is 3.89. The number of halogens is 4. The molecule has 3 N–H and O–H groups in total. The second-order valence-electron chi connectivity index (χ2n) is 5.23. The largest absolute Gasteiger partial charge is 0.484 e. The summed E-state index contributed by atoms with van der Waals surface area (Å²) in [5, 5.41) is 3.08. The number of para-hydroxylation sites is 1. The molecule has 2 aromatic carbocycles. The van der Waals surface area contributed by atoms with Gasteiger partial charge in [-0.25, -0.2) is 4.39 Å². The van der Waals surface area contributed by atoms with Gasteiger partial charge in [-0.3, -0.25) is 0 Å². The van der Waals surface area contributed by atoms with E-state index >= 15 is 0 Å². The quantitative estimate of drug-likeness (QED) is 0.828. The van der Waals surface area contributed by atoms with E-state index in [9.17, 15) is 17.6 Å². The van der Waals surface area contributed by atoms with E-state index in [4.69, 9.17) is 10.5 Å². The van der Waals surface area contributed by atoms with Gasteiger partial charge < -0.3 is 15.8 Å². The number of alkyl halides is 3. The normalized spacial score (nSPS) is 17.2. The van der Waals surface area contributed by atoms with Crippen LogP contribution < -0.4 is 15.8 Å². The molecule has 7 heteroatoms. The van der Waals surface area contributed by atoms with Crippen LogP contribution in [0.25, 0.3) is 11.1 Å². The van der Waals surface area contributed by atoms with E-state index in [0.29, 0.717) is 24.0 Å². The Labute approximate surface area is 130 Å². The maximum Gasteiger partial charge on any atom is 0.417 e. The number of ether oxygens (including phenoxy) is 1. The van der Waals surface area contributed by atoms with Crippen molar-refractivity contribution in [2.24, 2.45) is 5.73 Å². The van der Waals surface area contributed by atoms with Crippen molar-refractivity contribution >= 4 is 5.69 Å². The summed E-state index contributed by atoms with van der Waals surface area (Å²) in [4.78, 5) is 0. The zero-order chi connectivity index (χ0) is 16.6. The van der Waals surface area contributed by atoms with Gasteiger partial charge in [-0.15, -0.1) is 0 Å². The molecular weight excluding hydrogens is 312 g/mol. The summed E-state index contributed by atoms with van der Waals surface area (Å²) in [5.41, 5.74) is 5.24. The van der Waals surface area contributed by atoms with Gasteiger partial charge in [-0.2, -0.15) is 13.2 Å². The monoisotopic (exact) mass is 326 g/mol. The van der Waals surface area contributed by atoms with Crippen molar-refractivity contribution in [3.63, 3.8) is 0 Å². The van der Waals surface area contributed by atoms with E-state index in [0.717, 1.165) is 12.1 Å². The minimum atomic E-state index is -4.67. The summed E-state index contributed by atoms with van der Waals surface area (Å²) < 4.78 is 58.7. The van der Waals surface area contributed by atoms with Crippen molar-refractivity contribution in [1.29, 1.82) is 0 Å². The number of fused-ring (bicyclic) bond motifs is 1. The number of nitrogens with two attached hydrogens (primary N) is 1. The topological polar surface area (TPSA) is 47.3 Å². The van der Waals surface area contributed by atoms with Crippen molar-refractivity contribution in [3.05, 3.63) is 47.8 Å². The van der Waals surface area contributed by atoms with Gasteiger partial charge in [0.05, 0.1) is 17.8 Å². The first kappa shape index (κ1) is 15.6. The van der Waals surface area contributed by atoms with E-state index in [1.165, 1.54) is 6.07 Å². The minimum absolute atomic E-state index is 0.129. The molecule has 1 aliphatic heterocycles. The molecule has 0 radical (unpaired) electrons. The highest BCUT2D eigenvalue weighted by molar-refractivity contribution is 5.81. The second-order valence-corrected chi connectivity index (χ2v) is 5.23. The van der Waals surface area contributed by atoms with Gasteiger partial charge >= 0.3 is 6.18 Å². The van der Waals surface area contributed by atoms with Crippen molar-refractivity contribution in [1.82, 2.24) is 0 Å². The van der Waals surface area contributed by atoms with E-state index < -0.39 is 17.6 Å². The molecule has 0 spiro atoms. The van der Waals surface area contributed by atoms with Gasteiger partial charge in [0, 0.05) is 12.1 Å². The molecule has 0 aromatic heterocycles. The summed E-state index contributed by atoms with van der Waals surface area (Å²) >= 11 is 0. The fourth-order valence-corrected chi connectivity index (χ4v) is 2.56. The highest BCUT2D eigenvalue weighted by Gasteiger charge is 2.35. The summed E-state index contributed by atoms with van der Waals surface area (Å²) in [6, 6.07) is 7.45. The van der Waals surface area contributed by atoms with Crippen LogP contribution in [0.4, 0.5) is 23.2 Å². The Morgan fingerprint density at radius 1 is 1.17 bits per heavy atom. The average Bonchev–Trinajstić information content (AvgIpc) is 2.53. The standard InChI is InChI=1S/C16H14F4N2O/c17-9-4-5-11(13(6-9)16(18,19)20)12-2-1-3-14-15(12)23-10(7-21)8-22-14/h1-6,10,22H,7-8,21H2/t10-/m0/s1. The number of hydrogen-bond acceptors (Lipinski definition) is 3. The third-order valence-electron chi connectivity index (χ3n) is 3.66. The highest BCUT2D eigenvalue weighted by atomic mass is 19.4. The fraction of sp³-hybridized carbons (Fsp3) is 0.250. The van der Waals surface area contributed by atoms with E-state index in [2.05, 4.69) is 5.32 Å². The zero-order valence-electron chi connectivity index (χ0n) is 12.0. The van der Waals surface area contributed by atoms with Crippen molar-refractivity contribution in [2.75, 3.05) is 18.4 Å². The molecule has 0 saturated heterocycles. The van der Waals surface area contributed by atoms with Gasteiger partial charge in [0.1, 0.15) is 11.9 Å². The Morgan fingerprint density at radius 2 is 1.96 bits per heavy atom. The molecule has 0 unspecified atom stereocenters. The molecule has 2 aromatic rings. The lowest BCUT2D eigenvalue weighted by Crippen LogP contribution is -2.37. The fourth-order valence-electron chi connectivity index (χ4n) is 2.56. The van der Waals surface area contributed by atoms with Gasteiger partial charge in [0.25, 0.3) is 0 Å². The van der Waals surface area contributed by atoms with Gasteiger partial charge in [-0.05, 0) is 23.8 Å². The molecule has 0 fully saturated rings. The van der Waals surface area contributed by atoms with Crippen LogP contribution in [0.2, 0.25) is 0 Å². The van der Waals surface area contributed by atoms with Crippen LogP contribution in [0, 0.1) is 5.82 Å². The van der Waals surface area contributed by atoms with Crippen LogP contribution in [-0.2, 0) is 6.18 Å². The van der Waals surface area contributed by atoms with Crippen LogP contribution in [-0.4, -0.2) is 19.2 Å². The van der Waals surface area contributed by atoms with Crippen LogP contribution >= 0.6 is 0 Å². The summed E-state index contributed by atoms with van der Waals surface area (Å²) in [7, 11) is 0. The number of hydrogen-bond donors (Lipinski definition) is 2. The zero-order valence-corrected chi connectivity index (χ0v) is 12.0. The molecule has 0 aliphatic carbocycles. The lowest BCUT2D eigenvalue weighted by molar-refractivity contribution is -0.137. The Hall–Kier alpha value is -2.28. The molecular formula is C16H14F4N2O. The predicted molar refractivity (Wildman–Crippen MR) is 78.8 cm³/mol. The number of anilines is 1. The lowest BCUT2D eigenvalue weighted by Gasteiger charge is -2.28. The number of nitrogens with one attached hydrogen (secondary N) is 1. The van der Waals surface area contributed by atoms with Crippen LogP contribution in [0.1, 0.15) is 5.56 Å². The predicted octanol–water partition coefficient (Wildman–Crippen LogP) is 3.64. The molecule has 0 bridgehead atoms. The smallest absolute Gasteiger partial charge is 0.417 e. The Morgan fingerprint density at radius 3 is 2.65 bits per heavy atom. The van der Waals surface area contributed by atoms with Gasteiger partial charge in [-0.1, -0.05) is 18.2 Å². The highest BCUT2D eigenvalue weighted by Crippen LogP contribution is 2.44. The van der Waals surface area contributed by atoms with Crippen molar-refractivity contribution < 1.29 is 22.3 Å². The third-order valence-corrected chi connectivity index (χ3v) is 3.66. The van der Waals surface area contributed by atoms with Crippen LogP contribution in [0.15, 0.2) is 36.4 Å². The lowest BCUT2D eigenvalue weighted by atomic mass is 9.97. The second kappa shape index (κ2) is 5.73. The van der Waals surface area contributed by atoms with E-state index in [1.54, 1.807) is 12.1 Å². The maximum atomic E-state index is 13.3. The summed E-state index contributed by atoms with van der Waals surface area (Å²) in [5.74, 6) is -0.643. The SMILES string of the molecule is NC[C@H]1CNc2cccc(-c3ccc(F)cc3C(F)(F)F)c2O1. The number of benzene rings is 2. The molecule has 1 heterocycles. The molecule has 0 saturated carbocycles. The van der Waals surface area contributed by atoms with E-state index in [1.807, 2.05) is 0 Å². The minimum Gasteiger partial charge on any atom is -0.484 e. The Bertz CT molecular complexity index is 731. The molecule has 3 nitrogen and oxygen atoms in total. The molecule has 3 rings (SSSR count). The summed E-state index contributed by atoms with van der Waals surface area (Å²) in [6.45, 7) is 0.707. The van der Waals surface area contributed by atoms with Crippen molar-refractivity contribution in [2.45, 2.75) is 12.3 Å². The third kappa shape index (κ3) is 2.96. The van der Waals surface area contributed by atoms with E-state index in [-0.39, 0.29) is 23.8 Å². The van der Waals surface area contributed by atoms with Gasteiger partial charge in [0.2, 0.25) is 0 Å². The molecule has 1 atom stereocenters. The average molecular weight is 326 g/mol. The first-order chi connectivity index (χ1) is 10.9. The number of rotatable bonds is 2. The molecule has 1 aliphatic rings. The Balaban J connectivity index is 2.17. The maximum absolute atomic E-state index is 13.3. The van der Waals surface area contributed by atoms with Gasteiger partial charge in [0.15, 0.2) is 5.75 Å². The molecule has 0 amide bonds. The molecule has 23 heavy (non-hydrogen) atoms.